The van der Waals surface area contributed by atoms with E-state index in [1.165, 1.54) is 16.7 Å². The standard InChI is InChI=1S/C22H22N2O4S2/c1-3-28-17-9-7-15(8-10-17)13-19-21(26)24(22(29)30-19)12-11-20(25)23-16-5-4-6-18(14-16)27-2/h4-10,13-14H,3,11-12H2,1-2H3,(H,23,25). The summed E-state index contributed by atoms with van der Waals surface area (Å²) in [6.07, 6.45) is 1.94. The average molecular weight is 443 g/mol. The molecule has 1 N–H and O–H groups in total. The van der Waals surface area contributed by atoms with Gasteiger partial charge in [-0.25, -0.2) is 0 Å². The van der Waals surface area contributed by atoms with Gasteiger partial charge in [0.05, 0.1) is 18.6 Å². The van der Waals surface area contributed by atoms with Gasteiger partial charge < -0.3 is 14.8 Å². The van der Waals surface area contributed by atoms with Crippen molar-refractivity contribution in [2.75, 3.05) is 25.6 Å². The van der Waals surface area contributed by atoms with Crippen LogP contribution in [-0.2, 0) is 9.59 Å². The molecule has 0 bridgehead atoms. The van der Waals surface area contributed by atoms with Gasteiger partial charge in [0.15, 0.2) is 0 Å². The van der Waals surface area contributed by atoms with Crippen molar-refractivity contribution in [1.29, 1.82) is 0 Å². The molecule has 3 rings (SSSR count). The van der Waals surface area contributed by atoms with E-state index in [2.05, 4.69) is 5.32 Å². The summed E-state index contributed by atoms with van der Waals surface area (Å²) in [7, 11) is 1.57. The highest BCUT2D eigenvalue weighted by Gasteiger charge is 2.32. The minimum Gasteiger partial charge on any atom is -0.497 e. The highest BCUT2D eigenvalue weighted by atomic mass is 32.2. The van der Waals surface area contributed by atoms with Crippen molar-refractivity contribution < 1.29 is 19.1 Å². The van der Waals surface area contributed by atoms with Gasteiger partial charge in [-0.05, 0) is 42.8 Å². The normalized spacial score (nSPS) is 14.9. The van der Waals surface area contributed by atoms with Crippen LogP contribution in [0.5, 0.6) is 11.5 Å². The van der Waals surface area contributed by atoms with Crippen LogP contribution >= 0.6 is 24.0 Å². The Kier molecular flexibility index (Phi) is 7.48. The fourth-order valence-electron chi connectivity index (χ4n) is 2.81. The number of anilines is 1. The number of thiocarbonyl (C=S) groups is 1. The molecule has 0 spiro atoms. The Hall–Kier alpha value is -2.84. The van der Waals surface area contributed by atoms with Crippen LogP contribution in [0.4, 0.5) is 5.69 Å². The molecule has 0 radical (unpaired) electrons. The van der Waals surface area contributed by atoms with E-state index in [0.717, 1.165) is 11.3 Å². The Labute approximate surface area is 185 Å². The largest absolute Gasteiger partial charge is 0.497 e. The molecule has 1 aliphatic heterocycles. The first kappa shape index (κ1) is 21.9. The molecule has 6 nitrogen and oxygen atoms in total. The number of benzene rings is 2. The van der Waals surface area contributed by atoms with E-state index in [0.29, 0.717) is 27.3 Å². The van der Waals surface area contributed by atoms with Crippen LogP contribution in [0.1, 0.15) is 18.9 Å². The molecule has 0 atom stereocenters. The minimum absolute atomic E-state index is 0.139. The van der Waals surface area contributed by atoms with Crippen molar-refractivity contribution in [2.45, 2.75) is 13.3 Å². The lowest BCUT2D eigenvalue weighted by molar-refractivity contribution is -0.122. The van der Waals surface area contributed by atoms with Gasteiger partial charge in [0, 0.05) is 24.7 Å². The third kappa shape index (κ3) is 5.61. The first-order valence-electron chi connectivity index (χ1n) is 9.42. The van der Waals surface area contributed by atoms with Crippen molar-refractivity contribution in [3.63, 3.8) is 0 Å². The first-order valence-corrected chi connectivity index (χ1v) is 10.6. The fraction of sp³-hybridized carbons (Fsp3) is 0.227. The molecule has 1 aliphatic rings. The SMILES string of the molecule is CCOc1ccc(C=C2SC(=S)N(CCC(=O)Nc3cccc(OC)c3)C2=O)cc1. The molecule has 8 heteroatoms. The molecular formula is C22H22N2O4S2. The molecule has 156 valence electrons. The molecule has 2 amide bonds. The second-order valence-corrected chi connectivity index (χ2v) is 8.04. The Morgan fingerprint density at radius 2 is 1.97 bits per heavy atom. The Bertz CT molecular complexity index is 973. The number of nitrogens with one attached hydrogen (secondary N) is 1. The lowest BCUT2D eigenvalue weighted by Crippen LogP contribution is -2.31. The molecule has 0 unspecified atom stereocenters. The Morgan fingerprint density at radius 3 is 2.67 bits per heavy atom. The third-order valence-electron chi connectivity index (χ3n) is 4.28. The van der Waals surface area contributed by atoms with Gasteiger partial charge in [-0.3, -0.25) is 14.5 Å². The highest BCUT2D eigenvalue weighted by Crippen LogP contribution is 2.33. The van der Waals surface area contributed by atoms with Crippen LogP contribution in [0.15, 0.2) is 53.4 Å². The van der Waals surface area contributed by atoms with E-state index in [4.69, 9.17) is 21.7 Å². The van der Waals surface area contributed by atoms with E-state index >= 15 is 0 Å². The summed E-state index contributed by atoms with van der Waals surface area (Å²) in [6, 6.07) is 14.6. The zero-order valence-corrected chi connectivity index (χ0v) is 18.3. The summed E-state index contributed by atoms with van der Waals surface area (Å²) in [5.74, 6) is 1.05. The van der Waals surface area contributed by atoms with E-state index < -0.39 is 0 Å². The zero-order chi connectivity index (χ0) is 21.5. The first-order chi connectivity index (χ1) is 14.5. The molecular weight excluding hydrogens is 420 g/mol. The molecule has 1 heterocycles. The Morgan fingerprint density at radius 1 is 1.20 bits per heavy atom. The lowest BCUT2D eigenvalue weighted by atomic mass is 10.2. The number of carbonyl (C=O) groups excluding carboxylic acids is 2. The van der Waals surface area contributed by atoms with Crippen molar-refractivity contribution >= 4 is 51.9 Å². The second-order valence-electron chi connectivity index (χ2n) is 6.37. The monoisotopic (exact) mass is 442 g/mol. The van der Waals surface area contributed by atoms with E-state index in [1.807, 2.05) is 31.2 Å². The number of thioether (sulfide) groups is 1. The minimum atomic E-state index is -0.201. The molecule has 30 heavy (non-hydrogen) atoms. The average Bonchev–Trinajstić information content (AvgIpc) is 3.00. The van der Waals surface area contributed by atoms with Crippen molar-refractivity contribution in [1.82, 2.24) is 4.90 Å². The number of nitrogens with zero attached hydrogens (tertiary/aromatic N) is 1. The summed E-state index contributed by atoms with van der Waals surface area (Å²) in [6.45, 7) is 2.75. The van der Waals surface area contributed by atoms with E-state index in [-0.39, 0.29) is 24.8 Å². The number of hydrogen-bond acceptors (Lipinski definition) is 6. The van der Waals surface area contributed by atoms with Gasteiger partial charge in [-0.15, -0.1) is 0 Å². The highest BCUT2D eigenvalue weighted by molar-refractivity contribution is 8.26. The number of amides is 2. The molecule has 1 fully saturated rings. The third-order valence-corrected chi connectivity index (χ3v) is 5.66. The van der Waals surface area contributed by atoms with Crippen LogP contribution in [0.25, 0.3) is 6.08 Å². The topological polar surface area (TPSA) is 67.9 Å². The summed E-state index contributed by atoms with van der Waals surface area (Å²) in [5, 5.41) is 2.80. The number of carbonyl (C=O) groups is 2. The van der Waals surface area contributed by atoms with Crippen molar-refractivity contribution in [3.05, 3.63) is 59.0 Å². The van der Waals surface area contributed by atoms with Crippen molar-refractivity contribution in [3.8, 4) is 11.5 Å². The molecule has 2 aromatic carbocycles. The predicted octanol–water partition coefficient (Wildman–Crippen LogP) is 4.32. The number of hydrogen-bond donors (Lipinski definition) is 1. The van der Waals surface area contributed by atoms with Crippen LogP contribution in [0, 0.1) is 0 Å². The maximum absolute atomic E-state index is 12.7. The predicted molar refractivity (Wildman–Crippen MR) is 124 cm³/mol. The smallest absolute Gasteiger partial charge is 0.266 e. The number of ether oxygens (including phenoxy) is 2. The molecule has 0 aliphatic carbocycles. The van der Waals surface area contributed by atoms with Crippen LogP contribution in [0.3, 0.4) is 0 Å². The molecule has 0 saturated carbocycles. The number of rotatable bonds is 8. The quantitative estimate of drug-likeness (QED) is 0.485. The molecule has 0 aromatic heterocycles. The summed E-state index contributed by atoms with van der Waals surface area (Å²) in [4.78, 5) is 27.0. The number of methoxy groups -OCH3 is 1. The zero-order valence-electron chi connectivity index (χ0n) is 16.7. The maximum atomic E-state index is 12.7. The van der Waals surface area contributed by atoms with Crippen LogP contribution in [0.2, 0.25) is 0 Å². The van der Waals surface area contributed by atoms with Gasteiger partial charge in [-0.2, -0.15) is 0 Å². The van der Waals surface area contributed by atoms with E-state index in [1.54, 1.807) is 37.5 Å². The fourth-order valence-corrected chi connectivity index (χ4v) is 4.12. The maximum Gasteiger partial charge on any atom is 0.266 e. The molecule has 2 aromatic rings. The van der Waals surface area contributed by atoms with Crippen molar-refractivity contribution in [2.24, 2.45) is 0 Å². The van der Waals surface area contributed by atoms with Crippen LogP contribution in [-0.4, -0.2) is 41.3 Å². The van der Waals surface area contributed by atoms with Gasteiger partial charge in [0.2, 0.25) is 5.91 Å². The van der Waals surface area contributed by atoms with Crippen LogP contribution < -0.4 is 14.8 Å². The summed E-state index contributed by atoms with van der Waals surface area (Å²) in [5.41, 5.74) is 1.52. The summed E-state index contributed by atoms with van der Waals surface area (Å²) < 4.78 is 11.0. The second kappa shape index (κ2) is 10.3. The molecule has 1 saturated heterocycles. The van der Waals surface area contributed by atoms with Gasteiger partial charge in [-0.1, -0.05) is 42.2 Å². The van der Waals surface area contributed by atoms with Gasteiger partial charge >= 0.3 is 0 Å². The van der Waals surface area contributed by atoms with Gasteiger partial charge in [0.1, 0.15) is 15.8 Å². The van der Waals surface area contributed by atoms with Gasteiger partial charge in [0.25, 0.3) is 5.91 Å². The summed E-state index contributed by atoms with van der Waals surface area (Å²) >= 11 is 6.58. The van der Waals surface area contributed by atoms with E-state index in [9.17, 15) is 9.59 Å². The Balaban J connectivity index is 1.58. The lowest BCUT2D eigenvalue weighted by Gasteiger charge is -2.14.